The van der Waals surface area contributed by atoms with Crippen LogP contribution in [-0.2, 0) is 0 Å². The Hall–Kier alpha value is -3.12. The fraction of sp³-hybridized carbons (Fsp3) is 0.190. The van der Waals surface area contributed by atoms with Crippen molar-refractivity contribution in [1.29, 1.82) is 0 Å². The van der Waals surface area contributed by atoms with Crippen LogP contribution in [0.5, 0.6) is 5.75 Å². The molecule has 3 rings (SSSR count). The highest BCUT2D eigenvalue weighted by atomic mass is 35.5. The number of anilines is 3. The zero-order chi connectivity index (χ0) is 20.1. The molecule has 28 heavy (non-hydrogen) atoms. The van der Waals surface area contributed by atoms with Crippen LogP contribution in [0.2, 0.25) is 5.02 Å². The molecular formula is C21H21ClN4O2. The van der Waals surface area contributed by atoms with Crippen LogP contribution >= 0.6 is 11.6 Å². The first-order chi connectivity index (χ1) is 13.5. The van der Waals surface area contributed by atoms with Crippen LogP contribution < -0.4 is 15.4 Å². The van der Waals surface area contributed by atoms with E-state index in [1.807, 2.05) is 24.3 Å². The molecule has 0 aliphatic heterocycles. The highest BCUT2D eigenvalue weighted by Crippen LogP contribution is 2.28. The molecule has 0 aliphatic rings. The predicted molar refractivity (Wildman–Crippen MR) is 112 cm³/mol. The molecule has 0 fully saturated rings. The van der Waals surface area contributed by atoms with Gasteiger partial charge in [-0.05, 0) is 41.8 Å². The van der Waals surface area contributed by atoms with Crippen LogP contribution in [0, 0.1) is 0 Å². The molecule has 0 radical (unpaired) electrons. The highest BCUT2D eigenvalue weighted by Gasteiger charge is 2.13. The molecule has 6 nitrogen and oxygen atoms in total. The first-order valence-corrected chi connectivity index (χ1v) is 9.19. The molecule has 0 unspecified atom stereocenters. The number of carbonyl (C=O) groups excluding carboxylic acids is 1. The number of ether oxygens (including phenoxy) is 1. The van der Waals surface area contributed by atoms with Crippen molar-refractivity contribution >= 4 is 34.8 Å². The summed E-state index contributed by atoms with van der Waals surface area (Å²) in [6, 6.07) is 14.5. The lowest BCUT2D eigenvalue weighted by Gasteiger charge is -2.13. The van der Waals surface area contributed by atoms with E-state index in [-0.39, 0.29) is 11.6 Å². The summed E-state index contributed by atoms with van der Waals surface area (Å²) in [4.78, 5) is 21.1. The van der Waals surface area contributed by atoms with Gasteiger partial charge >= 0.3 is 0 Å². The Kier molecular flexibility index (Phi) is 6.11. The number of benzene rings is 2. The number of hydrogen-bond donors (Lipinski definition) is 2. The van der Waals surface area contributed by atoms with Gasteiger partial charge < -0.3 is 15.4 Å². The monoisotopic (exact) mass is 396 g/mol. The number of para-hydroxylation sites is 1. The van der Waals surface area contributed by atoms with Crippen molar-refractivity contribution in [3.8, 4) is 5.75 Å². The Morgan fingerprint density at radius 1 is 1.14 bits per heavy atom. The third-order valence-corrected chi connectivity index (χ3v) is 4.42. The fourth-order valence-electron chi connectivity index (χ4n) is 2.72. The van der Waals surface area contributed by atoms with E-state index in [0.717, 1.165) is 11.3 Å². The van der Waals surface area contributed by atoms with Crippen molar-refractivity contribution in [2.75, 3.05) is 17.7 Å². The highest BCUT2D eigenvalue weighted by molar-refractivity contribution is 6.32. The molecule has 144 valence electrons. The Morgan fingerprint density at radius 3 is 2.64 bits per heavy atom. The minimum absolute atomic E-state index is 0.260. The number of aromatic nitrogens is 2. The summed E-state index contributed by atoms with van der Waals surface area (Å²) in [6.45, 7) is 4.16. The number of halogens is 1. The molecule has 7 heteroatoms. The second kappa shape index (κ2) is 8.71. The van der Waals surface area contributed by atoms with Gasteiger partial charge in [0.25, 0.3) is 5.91 Å². The van der Waals surface area contributed by atoms with E-state index in [1.165, 1.54) is 6.20 Å². The standard InChI is InChI=1S/C21H21ClN4O2/c1-13(2)15-6-4-5-7-17(15)25-20(27)18-10-11-23-21(26-18)24-14-8-9-19(28-3)16(22)12-14/h4-13H,1-3H3,(H,25,27)(H,23,24,26). The summed E-state index contributed by atoms with van der Waals surface area (Å²) in [5.41, 5.74) is 2.79. The number of nitrogens with zero attached hydrogens (tertiary/aromatic N) is 2. The fourth-order valence-corrected chi connectivity index (χ4v) is 2.98. The zero-order valence-electron chi connectivity index (χ0n) is 15.9. The van der Waals surface area contributed by atoms with Crippen molar-refractivity contribution in [3.63, 3.8) is 0 Å². The molecule has 0 bridgehead atoms. The molecular weight excluding hydrogens is 376 g/mol. The first kappa shape index (κ1) is 19.6. The summed E-state index contributed by atoms with van der Waals surface area (Å²) in [6.07, 6.45) is 1.53. The average Bonchev–Trinajstić information content (AvgIpc) is 2.68. The lowest BCUT2D eigenvalue weighted by atomic mass is 10.0. The Bertz CT molecular complexity index is 992. The van der Waals surface area contributed by atoms with E-state index in [2.05, 4.69) is 34.4 Å². The quantitative estimate of drug-likeness (QED) is 0.594. The lowest BCUT2D eigenvalue weighted by molar-refractivity contribution is 0.102. The maximum atomic E-state index is 12.7. The Labute approximate surface area is 168 Å². The molecule has 0 saturated heterocycles. The van der Waals surface area contributed by atoms with Gasteiger partial charge in [0.1, 0.15) is 11.4 Å². The second-order valence-corrected chi connectivity index (χ2v) is 6.84. The van der Waals surface area contributed by atoms with Gasteiger partial charge in [-0.2, -0.15) is 0 Å². The molecule has 2 N–H and O–H groups in total. The van der Waals surface area contributed by atoms with Crippen LogP contribution in [0.25, 0.3) is 0 Å². The maximum Gasteiger partial charge on any atom is 0.274 e. The number of hydrogen-bond acceptors (Lipinski definition) is 5. The summed E-state index contributed by atoms with van der Waals surface area (Å²) in [5.74, 6) is 0.862. The van der Waals surface area contributed by atoms with Crippen molar-refractivity contribution in [2.24, 2.45) is 0 Å². The molecule has 1 amide bonds. The molecule has 3 aromatic rings. The van der Waals surface area contributed by atoms with E-state index in [0.29, 0.717) is 28.3 Å². The van der Waals surface area contributed by atoms with E-state index >= 15 is 0 Å². The summed E-state index contributed by atoms with van der Waals surface area (Å²) >= 11 is 6.14. The van der Waals surface area contributed by atoms with Gasteiger partial charge in [-0.15, -0.1) is 0 Å². The molecule has 0 aliphatic carbocycles. The molecule has 0 saturated carbocycles. The van der Waals surface area contributed by atoms with E-state index < -0.39 is 0 Å². The molecule has 0 atom stereocenters. The van der Waals surface area contributed by atoms with Crippen LogP contribution in [0.15, 0.2) is 54.7 Å². The van der Waals surface area contributed by atoms with Crippen molar-refractivity contribution in [3.05, 3.63) is 71.0 Å². The van der Waals surface area contributed by atoms with Gasteiger partial charge in [0.2, 0.25) is 5.95 Å². The van der Waals surface area contributed by atoms with Crippen molar-refractivity contribution < 1.29 is 9.53 Å². The first-order valence-electron chi connectivity index (χ1n) is 8.82. The van der Waals surface area contributed by atoms with Crippen LogP contribution in [0.3, 0.4) is 0 Å². The number of amides is 1. The summed E-state index contributed by atoms with van der Waals surface area (Å²) < 4.78 is 5.14. The predicted octanol–water partition coefficient (Wildman–Crippen LogP) is 5.26. The van der Waals surface area contributed by atoms with Crippen molar-refractivity contribution in [1.82, 2.24) is 9.97 Å². The summed E-state index contributed by atoms with van der Waals surface area (Å²) in [7, 11) is 1.55. The normalized spacial score (nSPS) is 10.6. The van der Waals surface area contributed by atoms with Crippen LogP contribution in [0.1, 0.15) is 35.8 Å². The lowest BCUT2D eigenvalue weighted by Crippen LogP contribution is -2.16. The smallest absolute Gasteiger partial charge is 0.274 e. The Morgan fingerprint density at radius 2 is 1.93 bits per heavy atom. The van der Waals surface area contributed by atoms with Gasteiger partial charge in [-0.25, -0.2) is 9.97 Å². The number of carbonyl (C=O) groups is 1. The SMILES string of the molecule is COc1ccc(Nc2nccc(C(=O)Nc3ccccc3C(C)C)n2)cc1Cl. The molecule has 0 spiro atoms. The minimum Gasteiger partial charge on any atom is -0.495 e. The molecule has 2 aromatic carbocycles. The third kappa shape index (κ3) is 4.58. The second-order valence-electron chi connectivity index (χ2n) is 6.44. The van der Waals surface area contributed by atoms with Crippen LogP contribution in [-0.4, -0.2) is 23.0 Å². The summed E-state index contributed by atoms with van der Waals surface area (Å²) in [5, 5.41) is 6.44. The van der Waals surface area contributed by atoms with E-state index in [4.69, 9.17) is 16.3 Å². The van der Waals surface area contributed by atoms with Crippen LogP contribution in [0.4, 0.5) is 17.3 Å². The number of methoxy groups -OCH3 is 1. The number of rotatable bonds is 6. The molecule has 1 aromatic heterocycles. The van der Waals surface area contributed by atoms with E-state index in [9.17, 15) is 4.79 Å². The van der Waals surface area contributed by atoms with Gasteiger partial charge in [0.05, 0.1) is 12.1 Å². The van der Waals surface area contributed by atoms with Gasteiger partial charge in [0, 0.05) is 17.6 Å². The van der Waals surface area contributed by atoms with Gasteiger partial charge in [-0.1, -0.05) is 43.6 Å². The topological polar surface area (TPSA) is 76.1 Å². The van der Waals surface area contributed by atoms with E-state index in [1.54, 1.807) is 31.4 Å². The maximum absolute atomic E-state index is 12.7. The van der Waals surface area contributed by atoms with Gasteiger partial charge in [0.15, 0.2) is 0 Å². The van der Waals surface area contributed by atoms with Gasteiger partial charge in [-0.3, -0.25) is 4.79 Å². The minimum atomic E-state index is -0.300. The Balaban J connectivity index is 1.78. The largest absolute Gasteiger partial charge is 0.495 e. The van der Waals surface area contributed by atoms with Crippen molar-refractivity contribution in [2.45, 2.75) is 19.8 Å². The number of nitrogens with one attached hydrogen (secondary N) is 2. The zero-order valence-corrected chi connectivity index (χ0v) is 16.6. The average molecular weight is 397 g/mol. The third-order valence-electron chi connectivity index (χ3n) is 4.13. The molecule has 1 heterocycles.